The highest BCUT2D eigenvalue weighted by Crippen LogP contribution is 2.39. The summed E-state index contributed by atoms with van der Waals surface area (Å²) in [6.45, 7) is 2.97. The third-order valence-electron chi connectivity index (χ3n) is 7.16. The standard InChI is InChI=1S/C25H33N3O4S/c1-18-21(15-20-11-5-6-12-23(20)33(31,32)27-13-7-8-14-27)22(16-26)25(28(18)17-24(29)30)19-9-3-2-4-10-19/h5-6,11-12,19,24,29-30H,2-4,7-10,13-15,17H2,1H3. The number of rotatable bonds is 7. The van der Waals surface area contributed by atoms with Gasteiger partial charge >= 0.3 is 0 Å². The minimum atomic E-state index is -3.60. The van der Waals surface area contributed by atoms with Crippen molar-refractivity contribution >= 4 is 10.0 Å². The maximum atomic E-state index is 13.3. The number of nitrogens with zero attached hydrogens (tertiary/aromatic N) is 3. The van der Waals surface area contributed by atoms with Crippen LogP contribution in [-0.2, 0) is 23.0 Å². The van der Waals surface area contributed by atoms with Crippen LogP contribution >= 0.6 is 0 Å². The van der Waals surface area contributed by atoms with Crippen molar-refractivity contribution in [3.63, 3.8) is 0 Å². The number of sulfonamides is 1. The fourth-order valence-corrected chi connectivity index (χ4v) is 7.25. The summed E-state index contributed by atoms with van der Waals surface area (Å²) in [6.07, 6.45) is 5.83. The van der Waals surface area contributed by atoms with E-state index in [-0.39, 0.29) is 12.5 Å². The van der Waals surface area contributed by atoms with Crippen LogP contribution in [0.1, 0.15) is 78.9 Å². The van der Waals surface area contributed by atoms with Gasteiger partial charge in [0.1, 0.15) is 6.07 Å². The van der Waals surface area contributed by atoms with E-state index in [0.29, 0.717) is 35.5 Å². The zero-order valence-corrected chi connectivity index (χ0v) is 20.0. The van der Waals surface area contributed by atoms with Gasteiger partial charge in [-0.15, -0.1) is 0 Å². The molecule has 2 fully saturated rings. The summed E-state index contributed by atoms with van der Waals surface area (Å²) in [4.78, 5) is 0.296. The molecule has 1 aliphatic heterocycles. The van der Waals surface area contributed by atoms with Gasteiger partial charge < -0.3 is 14.8 Å². The van der Waals surface area contributed by atoms with Crippen LogP contribution in [0.3, 0.4) is 0 Å². The van der Waals surface area contributed by atoms with Crippen LogP contribution in [0.5, 0.6) is 0 Å². The number of aliphatic hydroxyl groups is 2. The van der Waals surface area contributed by atoms with E-state index in [2.05, 4.69) is 6.07 Å². The average molecular weight is 472 g/mol. The maximum absolute atomic E-state index is 13.3. The summed E-state index contributed by atoms with van der Waals surface area (Å²) >= 11 is 0. The van der Waals surface area contributed by atoms with E-state index in [9.17, 15) is 23.9 Å². The maximum Gasteiger partial charge on any atom is 0.243 e. The summed E-state index contributed by atoms with van der Waals surface area (Å²) in [5.74, 6) is 0.197. The van der Waals surface area contributed by atoms with Crippen molar-refractivity contribution in [2.75, 3.05) is 13.1 Å². The molecular weight excluding hydrogens is 438 g/mol. The zero-order chi connectivity index (χ0) is 23.6. The number of benzene rings is 1. The van der Waals surface area contributed by atoms with Gasteiger partial charge in [-0.2, -0.15) is 9.57 Å². The minimum Gasteiger partial charge on any atom is -0.367 e. The topological polar surface area (TPSA) is 107 Å². The van der Waals surface area contributed by atoms with E-state index < -0.39 is 16.3 Å². The number of aliphatic hydroxyl groups excluding tert-OH is 1. The van der Waals surface area contributed by atoms with E-state index in [0.717, 1.165) is 55.5 Å². The van der Waals surface area contributed by atoms with Crippen molar-refractivity contribution in [3.05, 3.63) is 52.3 Å². The number of nitriles is 1. The van der Waals surface area contributed by atoms with Crippen molar-refractivity contribution < 1.29 is 18.6 Å². The number of aromatic nitrogens is 1. The highest BCUT2D eigenvalue weighted by atomic mass is 32.2. The molecule has 0 radical (unpaired) electrons. The molecule has 1 aromatic heterocycles. The molecule has 178 valence electrons. The Morgan fingerprint density at radius 3 is 2.39 bits per heavy atom. The second-order valence-corrected chi connectivity index (χ2v) is 11.2. The molecule has 2 aliphatic rings. The molecule has 7 nitrogen and oxygen atoms in total. The Morgan fingerprint density at radius 2 is 1.76 bits per heavy atom. The summed E-state index contributed by atoms with van der Waals surface area (Å²) in [5.41, 5.74) is 3.68. The molecule has 4 rings (SSSR count). The summed E-state index contributed by atoms with van der Waals surface area (Å²) in [6, 6.07) is 9.43. The van der Waals surface area contributed by atoms with Gasteiger partial charge in [-0.3, -0.25) is 0 Å². The normalized spacial score (nSPS) is 18.2. The Hall–Kier alpha value is -2.18. The van der Waals surface area contributed by atoms with Crippen molar-refractivity contribution in [2.45, 2.75) is 81.9 Å². The lowest BCUT2D eigenvalue weighted by Gasteiger charge is -2.25. The predicted molar refractivity (Wildman–Crippen MR) is 125 cm³/mol. The lowest BCUT2D eigenvalue weighted by molar-refractivity contribution is -0.0522. The Balaban J connectivity index is 1.80. The molecule has 2 heterocycles. The molecule has 1 saturated heterocycles. The van der Waals surface area contributed by atoms with Gasteiger partial charge in [0.15, 0.2) is 6.29 Å². The van der Waals surface area contributed by atoms with Crippen LogP contribution in [-0.4, -0.2) is 46.9 Å². The Kier molecular flexibility index (Phi) is 7.25. The van der Waals surface area contributed by atoms with Crippen molar-refractivity contribution in [2.24, 2.45) is 0 Å². The summed E-state index contributed by atoms with van der Waals surface area (Å²) in [7, 11) is -3.60. The van der Waals surface area contributed by atoms with Crippen molar-refractivity contribution in [1.82, 2.24) is 8.87 Å². The molecule has 8 heteroatoms. The van der Waals surface area contributed by atoms with Gasteiger partial charge in [0.2, 0.25) is 10.0 Å². The van der Waals surface area contributed by atoms with Gasteiger partial charge in [-0.05, 0) is 49.8 Å². The van der Waals surface area contributed by atoms with Crippen LogP contribution in [0.2, 0.25) is 0 Å². The first-order chi connectivity index (χ1) is 15.8. The van der Waals surface area contributed by atoms with E-state index in [4.69, 9.17) is 0 Å². The van der Waals surface area contributed by atoms with E-state index in [1.165, 1.54) is 6.42 Å². The monoisotopic (exact) mass is 471 g/mol. The number of hydrogen-bond donors (Lipinski definition) is 2. The van der Waals surface area contributed by atoms with Crippen molar-refractivity contribution in [3.8, 4) is 6.07 Å². The van der Waals surface area contributed by atoms with Crippen LogP contribution in [0.4, 0.5) is 0 Å². The number of hydrogen-bond acceptors (Lipinski definition) is 5. The van der Waals surface area contributed by atoms with Crippen LogP contribution in [0.15, 0.2) is 29.2 Å². The average Bonchev–Trinajstić information content (AvgIpc) is 3.43. The lowest BCUT2D eigenvalue weighted by atomic mass is 9.84. The highest BCUT2D eigenvalue weighted by molar-refractivity contribution is 7.89. The fourth-order valence-electron chi connectivity index (χ4n) is 5.51. The SMILES string of the molecule is Cc1c(Cc2ccccc2S(=O)(=O)N2CCCC2)c(C#N)c(C2CCCCC2)n1CC(O)O. The lowest BCUT2D eigenvalue weighted by Crippen LogP contribution is -2.28. The molecule has 0 unspecified atom stereocenters. The first-order valence-corrected chi connectivity index (χ1v) is 13.3. The quantitative estimate of drug-likeness (QED) is 0.602. The Morgan fingerprint density at radius 1 is 1.09 bits per heavy atom. The van der Waals surface area contributed by atoms with Crippen LogP contribution in [0, 0.1) is 18.3 Å². The van der Waals surface area contributed by atoms with Gasteiger partial charge in [-0.1, -0.05) is 37.5 Å². The smallest absolute Gasteiger partial charge is 0.243 e. The van der Waals surface area contributed by atoms with E-state index in [1.807, 2.05) is 23.6 Å². The van der Waals surface area contributed by atoms with Crippen LogP contribution < -0.4 is 0 Å². The predicted octanol–water partition coefficient (Wildman–Crippen LogP) is 3.40. The second-order valence-electron chi connectivity index (χ2n) is 9.26. The molecule has 0 spiro atoms. The van der Waals surface area contributed by atoms with Gasteiger partial charge in [0, 0.05) is 36.8 Å². The Labute approximate surface area is 196 Å². The third-order valence-corrected chi connectivity index (χ3v) is 9.16. The second kappa shape index (κ2) is 9.98. The molecular formula is C25H33N3O4S. The minimum absolute atomic E-state index is 0.0000693. The van der Waals surface area contributed by atoms with Crippen LogP contribution in [0.25, 0.3) is 0 Å². The largest absolute Gasteiger partial charge is 0.367 e. The van der Waals surface area contributed by atoms with E-state index in [1.54, 1.807) is 16.4 Å². The van der Waals surface area contributed by atoms with Crippen molar-refractivity contribution in [1.29, 1.82) is 5.26 Å². The summed E-state index contributed by atoms with van der Waals surface area (Å²) < 4.78 is 30.1. The molecule has 0 bridgehead atoms. The van der Waals surface area contributed by atoms with E-state index >= 15 is 0 Å². The molecule has 33 heavy (non-hydrogen) atoms. The third kappa shape index (κ3) is 4.73. The molecule has 2 aromatic rings. The molecule has 0 atom stereocenters. The molecule has 1 aromatic carbocycles. The fraction of sp³-hybridized carbons (Fsp3) is 0.560. The Bertz CT molecular complexity index is 1140. The summed E-state index contributed by atoms with van der Waals surface area (Å²) in [5, 5.41) is 29.7. The first kappa shape index (κ1) is 24.0. The molecule has 1 saturated carbocycles. The molecule has 2 N–H and O–H groups in total. The first-order valence-electron chi connectivity index (χ1n) is 11.9. The van der Waals surface area contributed by atoms with Gasteiger partial charge in [0.25, 0.3) is 0 Å². The van der Waals surface area contributed by atoms with Gasteiger partial charge in [-0.25, -0.2) is 8.42 Å². The highest BCUT2D eigenvalue weighted by Gasteiger charge is 2.32. The molecule has 1 aliphatic carbocycles. The van der Waals surface area contributed by atoms with Gasteiger partial charge in [0.05, 0.1) is 17.0 Å². The zero-order valence-electron chi connectivity index (χ0n) is 19.2. The molecule has 0 amide bonds.